The van der Waals surface area contributed by atoms with Gasteiger partial charge in [-0.15, -0.1) is 0 Å². The van der Waals surface area contributed by atoms with Crippen molar-refractivity contribution in [2.24, 2.45) is 23.2 Å². The van der Waals surface area contributed by atoms with E-state index in [-0.39, 0.29) is 35.6 Å². The van der Waals surface area contributed by atoms with Crippen LogP contribution in [-0.2, 0) is 19.2 Å². The predicted octanol–water partition coefficient (Wildman–Crippen LogP) is 5.01. The van der Waals surface area contributed by atoms with Gasteiger partial charge in [0.05, 0.1) is 17.5 Å². The monoisotopic (exact) mass is 506 g/mol. The molecule has 198 valence electrons. The molecule has 6 aliphatic rings. The zero-order valence-corrected chi connectivity index (χ0v) is 21.8. The largest absolute Gasteiger partial charge is 0.427 e. The van der Waals surface area contributed by atoms with Crippen LogP contribution in [0, 0.1) is 23.2 Å². The number of hydrogen-bond acceptors (Lipinski definition) is 5. The first kappa shape index (κ1) is 24.6. The maximum absolute atomic E-state index is 14.6. The van der Waals surface area contributed by atoms with Crippen molar-refractivity contribution in [2.45, 2.75) is 102 Å². The van der Waals surface area contributed by atoms with Gasteiger partial charge in [-0.3, -0.25) is 19.2 Å². The Bertz CT molecular complexity index is 1050. The van der Waals surface area contributed by atoms with Crippen LogP contribution in [0.25, 0.3) is 0 Å². The Morgan fingerprint density at radius 1 is 0.892 bits per heavy atom. The lowest BCUT2D eigenvalue weighted by atomic mass is 9.49. The smallest absolute Gasteiger partial charge is 0.308 e. The Kier molecular flexibility index (Phi) is 6.36. The van der Waals surface area contributed by atoms with Gasteiger partial charge in [-0.25, -0.2) is 4.90 Å². The Morgan fingerprint density at radius 3 is 2.00 bits per heavy atom. The van der Waals surface area contributed by atoms with E-state index in [0.29, 0.717) is 29.2 Å². The molecule has 0 spiro atoms. The Hall–Kier alpha value is -2.70. The second kappa shape index (κ2) is 9.55. The van der Waals surface area contributed by atoms with E-state index in [2.05, 4.69) is 0 Å². The van der Waals surface area contributed by atoms with Crippen LogP contribution in [0.4, 0.5) is 5.69 Å². The molecule has 1 heterocycles. The van der Waals surface area contributed by atoms with E-state index >= 15 is 0 Å². The van der Waals surface area contributed by atoms with Crippen molar-refractivity contribution in [1.82, 2.24) is 4.90 Å². The van der Waals surface area contributed by atoms with Gasteiger partial charge in [0.25, 0.3) is 5.91 Å². The highest BCUT2D eigenvalue weighted by Gasteiger charge is 2.58. The number of anilines is 1. The third kappa shape index (κ3) is 4.48. The van der Waals surface area contributed by atoms with Crippen molar-refractivity contribution in [3.8, 4) is 5.75 Å². The molecule has 7 nitrogen and oxygen atoms in total. The molecule has 1 aromatic carbocycles. The van der Waals surface area contributed by atoms with Crippen LogP contribution >= 0.6 is 0 Å². The third-order valence-electron chi connectivity index (χ3n) is 9.76. The number of amides is 3. The fourth-order valence-corrected chi connectivity index (χ4v) is 8.68. The molecular weight excluding hydrogens is 468 g/mol. The fraction of sp³-hybridized carbons (Fsp3) is 0.667. The molecule has 1 saturated heterocycles. The summed E-state index contributed by atoms with van der Waals surface area (Å²) in [6, 6.07) is 5.74. The summed E-state index contributed by atoms with van der Waals surface area (Å²) in [7, 11) is 0. The lowest BCUT2D eigenvalue weighted by Gasteiger charge is -2.57. The zero-order chi connectivity index (χ0) is 25.7. The second-order valence-electron chi connectivity index (χ2n) is 12.4. The van der Waals surface area contributed by atoms with Crippen molar-refractivity contribution >= 4 is 29.4 Å². The van der Waals surface area contributed by atoms with Crippen LogP contribution in [0.2, 0.25) is 0 Å². The van der Waals surface area contributed by atoms with Crippen LogP contribution in [0.3, 0.4) is 0 Å². The first-order chi connectivity index (χ1) is 17.8. The van der Waals surface area contributed by atoms with Crippen LogP contribution < -0.4 is 9.64 Å². The van der Waals surface area contributed by atoms with E-state index in [1.54, 1.807) is 24.3 Å². The Morgan fingerprint density at radius 2 is 1.46 bits per heavy atom. The van der Waals surface area contributed by atoms with Gasteiger partial charge in [0.2, 0.25) is 11.8 Å². The van der Waals surface area contributed by atoms with Crippen LogP contribution in [-0.4, -0.2) is 40.7 Å². The molecule has 6 fully saturated rings. The van der Waals surface area contributed by atoms with Crippen molar-refractivity contribution in [3.05, 3.63) is 24.3 Å². The number of hydrogen-bond donors (Lipinski definition) is 0. The van der Waals surface area contributed by atoms with Gasteiger partial charge in [0.15, 0.2) is 0 Å². The van der Waals surface area contributed by atoms with E-state index in [9.17, 15) is 19.2 Å². The van der Waals surface area contributed by atoms with E-state index in [1.807, 2.05) is 4.90 Å². The highest BCUT2D eigenvalue weighted by atomic mass is 16.5. The Labute approximate surface area is 218 Å². The number of ether oxygens (including phenoxy) is 1. The molecule has 1 unspecified atom stereocenters. The molecule has 5 aliphatic carbocycles. The van der Waals surface area contributed by atoms with Gasteiger partial charge >= 0.3 is 5.97 Å². The average Bonchev–Trinajstić information content (AvgIpc) is 3.01. The fourth-order valence-electron chi connectivity index (χ4n) is 8.68. The molecule has 1 atom stereocenters. The molecule has 1 aromatic rings. The lowest BCUT2D eigenvalue weighted by Crippen LogP contribution is -2.60. The lowest BCUT2D eigenvalue weighted by molar-refractivity contribution is -0.164. The van der Waals surface area contributed by atoms with E-state index in [4.69, 9.17) is 4.74 Å². The molecule has 7 rings (SSSR count). The van der Waals surface area contributed by atoms with Crippen LogP contribution in [0.5, 0.6) is 5.75 Å². The minimum absolute atomic E-state index is 0.0241. The number of imide groups is 1. The van der Waals surface area contributed by atoms with Gasteiger partial charge in [-0.05, 0) is 93.4 Å². The SMILES string of the molecule is CC(=O)Oc1ccc(N2C(=O)CC(N(C(=O)C34CC5CC(CC(C5)C3)C4)C3CCCCCC3)C2=O)cc1. The molecule has 3 amide bonds. The quantitative estimate of drug-likeness (QED) is 0.243. The van der Waals surface area contributed by atoms with Crippen molar-refractivity contribution < 1.29 is 23.9 Å². The Balaban J connectivity index is 1.30. The predicted molar refractivity (Wildman–Crippen MR) is 138 cm³/mol. The normalized spacial score (nSPS) is 33.5. The number of esters is 1. The van der Waals surface area contributed by atoms with E-state index < -0.39 is 12.0 Å². The second-order valence-corrected chi connectivity index (χ2v) is 12.4. The number of nitrogens with zero attached hydrogens (tertiary/aromatic N) is 2. The number of carbonyl (C=O) groups excluding carboxylic acids is 4. The average molecular weight is 507 g/mol. The summed E-state index contributed by atoms with van der Waals surface area (Å²) < 4.78 is 5.10. The van der Waals surface area contributed by atoms with Gasteiger partial charge in [0.1, 0.15) is 11.8 Å². The topological polar surface area (TPSA) is 84.0 Å². The number of benzene rings is 1. The zero-order valence-electron chi connectivity index (χ0n) is 21.8. The van der Waals surface area contributed by atoms with E-state index in [1.165, 1.54) is 31.1 Å². The van der Waals surface area contributed by atoms with E-state index in [0.717, 1.165) is 57.8 Å². The summed E-state index contributed by atoms with van der Waals surface area (Å²) in [6.45, 7) is 1.33. The molecule has 5 saturated carbocycles. The molecule has 7 heteroatoms. The molecule has 0 N–H and O–H groups in total. The highest BCUT2D eigenvalue weighted by Crippen LogP contribution is 2.61. The highest BCUT2D eigenvalue weighted by molar-refractivity contribution is 6.23. The summed E-state index contributed by atoms with van der Waals surface area (Å²) in [4.78, 5) is 56.2. The first-order valence-corrected chi connectivity index (χ1v) is 14.3. The van der Waals surface area contributed by atoms with Gasteiger partial charge < -0.3 is 9.64 Å². The summed E-state index contributed by atoms with van der Waals surface area (Å²) in [6.07, 6.45) is 12.9. The van der Waals surface area contributed by atoms with Crippen molar-refractivity contribution in [3.63, 3.8) is 0 Å². The third-order valence-corrected chi connectivity index (χ3v) is 9.76. The standard InChI is InChI=1S/C30H38N2O5/c1-19(33)37-25-10-8-24(9-11-25)32-27(34)15-26(28(32)35)31(23-6-4-2-3-5-7-23)29(36)30-16-20-12-21(17-30)14-22(13-20)18-30/h8-11,20-23,26H,2-7,12-18H2,1H3. The molecular formula is C30H38N2O5. The van der Waals surface area contributed by atoms with Crippen LogP contribution in [0.15, 0.2) is 24.3 Å². The summed E-state index contributed by atoms with van der Waals surface area (Å²) >= 11 is 0. The number of rotatable bonds is 5. The first-order valence-electron chi connectivity index (χ1n) is 14.3. The summed E-state index contributed by atoms with van der Waals surface area (Å²) in [5.74, 6) is 1.45. The minimum Gasteiger partial charge on any atom is -0.427 e. The molecule has 37 heavy (non-hydrogen) atoms. The minimum atomic E-state index is -0.732. The van der Waals surface area contributed by atoms with Gasteiger partial charge in [-0.2, -0.15) is 0 Å². The maximum atomic E-state index is 14.6. The molecule has 0 radical (unpaired) electrons. The molecule has 4 bridgehead atoms. The van der Waals surface area contributed by atoms with Gasteiger partial charge in [-0.1, -0.05) is 25.7 Å². The molecule has 1 aliphatic heterocycles. The summed E-state index contributed by atoms with van der Waals surface area (Å²) in [5.41, 5.74) is 0.111. The van der Waals surface area contributed by atoms with Crippen molar-refractivity contribution in [1.29, 1.82) is 0 Å². The summed E-state index contributed by atoms with van der Waals surface area (Å²) in [5, 5.41) is 0. The van der Waals surface area contributed by atoms with Crippen molar-refractivity contribution in [2.75, 3.05) is 4.90 Å². The molecule has 0 aromatic heterocycles. The maximum Gasteiger partial charge on any atom is 0.308 e. The van der Waals surface area contributed by atoms with Crippen LogP contribution in [0.1, 0.15) is 90.4 Å². The van der Waals surface area contributed by atoms with Gasteiger partial charge in [0, 0.05) is 13.0 Å². The number of carbonyl (C=O) groups is 4.